The van der Waals surface area contributed by atoms with Crippen LogP contribution in [0, 0.1) is 0 Å². The molecule has 1 aromatic rings. The Morgan fingerprint density at radius 2 is 1.56 bits per heavy atom. The fourth-order valence-corrected chi connectivity index (χ4v) is 1.80. The average Bonchev–Trinajstić information content (AvgIpc) is 2.29. The summed E-state index contributed by atoms with van der Waals surface area (Å²) in [5, 5.41) is 0. The Bertz CT molecular complexity index is 384. The molecule has 1 aromatic carbocycles. The molecule has 1 atom stereocenters. The summed E-state index contributed by atoms with van der Waals surface area (Å²) < 4.78 is 10.2. The van der Waals surface area contributed by atoms with E-state index in [4.69, 9.17) is 9.47 Å². The Balaban J connectivity index is 2.92. The van der Waals surface area contributed by atoms with Gasteiger partial charge in [-0.25, -0.2) is 0 Å². The smallest absolute Gasteiger partial charge is 0.305 e. The number of hydrogen-bond acceptors (Lipinski definition) is 4. The molecule has 0 amide bonds. The minimum Gasteiger partial charge on any atom is -0.425 e. The van der Waals surface area contributed by atoms with Crippen LogP contribution < -0.4 is 0 Å². The van der Waals surface area contributed by atoms with Crippen LogP contribution in [0.3, 0.4) is 0 Å². The van der Waals surface area contributed by atoms with E-state index in [1.165, 1.54) is 13.8 Å². The van der Waals surface area contributed by atoms with Crippen molar-refractivity contribution in [2.45, 2.75) is 39.4 Å². The van der Waals surface area contributed by atoms with Crippen LogP contribution in [0.25, 0.3) is 0 Å². The molecule has 0 aliphatic heterocycles. The molecule has 1 rings (SSSR count). The zero-order chi connectivity index (χ0) is 13.5. The predicted octanol–water partition coefficient (Wildman–Crippen LogP) is 2.63. The van der Waals surface area contributed by atoms with Gasteiger partial charge in [-0.15, -0.1) is 0 Å². The molecule has 0 fully saturated rings. The van der Waals surface area contributed by atoms with Crippen molar-refractivity contribution >= 4 is 11.9 Å². The Morgan fingerprint density at radius 1 is 1.06 bits per heavy atom. The van der Waals surface area contributed by atoms with Gasteiger partial charge in [-0.1, -0.05) is 37.3 Å². The van der Waals surface area contributed by atoms with Crippen LogP contribution in [-0.4, -0.2) is 18.2 Å². The molecule has 0 N–H and O–H groups in total. The molecule has 0 radical (unpaired) electrons. The lowest BCUT2D eigenvalue weighted by Gasteiger charge is -2.25. The van der Waals surface area contributed by atoms with Crippen molar-refractivity contribution in [1.82, 2.24) is 0 Å². The molecule has 0 unspecified atom stereocenters. The standard InChI is InChI=1S/C14H18O4/c1-4-13(12-8-6-5-7-9-12)14(17-10(2)15)18-11(3)16/h5-9,13-14H,4H2,1-3H3/t13-/m1/s1. The maximum absolute atomic E-state index is 11.1. The predicted molar refractivity (Wildman–Crippen MR) is 66.8 cm³/mol. The number of carbonyl (C=O) groups excluding carboxylic acids is 2. The summed E-state index contributed by atoms with van der Waals surface area (Å²) in [5.74, 6) is -1.08. The van der Waals surface area contributed by atoms with Gasteiger partial charge >= 0.3 is 11.9 Å². The summed E-state index contributed by atoms with van der Waals surface area (Å²) in [4.78, 5) is 22.1. The Labute approximate surface area is 107 Å². The average molecular weight is 250 g/mol. The van der Waals surface area contributed by atoms with Crippen LogP contribution >= 0.6 is 0 Å². The molecule has 4 heteroatoms. The number of carbonyl (C=O) groups is 2. The van der Waals surface area contributed by atoms with Crippen LogP contribution in [0.5, 0.6) is 0 Å². The van der Waals surface area contributed by atoms with Gasteiger partial charge < -0.3 is 9.47 Å². The van der Waals surface area contributed by atoms with Gasteiger partial charge in [0.2, 0.25) is 0 Å². The van der Waals surface area contributed by atoms with Crippen molar-refractivity contribution in [2.75, 3.05) is 0 Å². The monoisotopic (exact) mass is 250 g/mol. The number of rotatable bonds is 5. The van der Waals surface area contributed by atoms with E-state index in [0.717, 1.165) is 5.56 Å². The largest absolute Gasteiger partial charge is 0.425 e. The molecule has 4 nitrogen and oxygen atoms in total. The zero-order valence-electron chi connectivity index (χ0n) is 10.9. The van der Waals surface area contributed by atoms with E-state index in [0.29, 0.717) is 6.42 Å². The molecule has 0 spiro atoms. The van der Waals surface area contributed by atoms with Gasteiger partial charge in [0.05, 0.1) is 5.92 Å². The van der Waals surface area contributed by atoms with Gasteiger partial charge in [0.1, 0.15) is 0 Å². The Morgan fingerprint density at radius 3 is 1.94 bits per heavy atom. The van der Waals surface area contributed by atoms with Gasteiger partial charge in [-0.2, -0.15) is 0 Å². The van der Waals surface area contributed by atoms with E-state index >= 15 is 0 Å². The van der Waals surface area contributed by atoms with Crippen molar-refractivity contribution < 1.29 is 19.1 Å². The van der Waals surface area contributed by atoms with Crippen LogP contribution in [0.1, 0.15) is 38.7 Å². The Hall–Kier alpha value is -1.84. The molecule has 0 aromatic heterocycles. The fraction of sp³-hybridized carbons (Fsp3) is 0.429. The Kier molecular flexibility index (Phi) is 5.36. The zero-order valence-corrected chi connectivity index (χ0v) is 10.9. The maximum atomic E-state index is 11.1. The van der Waals surface area contributed by atoms with E-state index in [2.05, 4.69) is 0 Å². The van der Waals surface area contributed by atoms with Crippen molar-refractivity contribution in [3.05, 3.63) is 35.9 Å². The van der Waals surface area contributed by atoms with Crippen molar-refractivity contribution in [1.29, 1.82) is 0 Å². The minimum absolute atomic E-state index is 0.154. The number of benzene rings is 1. The highest BCUT2D eigenvalue weighted by Crippen LogP contribution is 2.26. The highest BCUT2D eigenvalue weighted by atomic mass is 16.7. The number of ether oxygens (including phenoxy) is 2. The molecule has 0 saturated heterocycles. The van der Waals surface area contributed by atoms with Gasteiger partial charge in [0.25, 0.3) is 6.29 Å². The van der Waals surface area contributed by atoms with Crippen LogP contribution in [0.15, 0.2) is 30.3 Å². The number of hydrogen-bond donors (Lipinski definition) is 0. The van der Waals surface area contributed by atoms with E-state index in [1.54, 1.807) is 0 Å². The summed E-state index contributed by atoms with van der Waals surface area (Å²) in [6.07, 6.45) is -0.165. The second-order valence-electron chi connectivity index (χ2n) is 4.01. The van der Waals surface area contributed by atoms with Gasteiger partial charge in [-0.05, 0) is 12.0 Å². The van der Waals surface area contributed by atoms with Gasteiger partial charge in [-0.3, -0.25) is 9.59 Å². The summed E-state index contributed by atoms with van der Waals surface area (Å²) in [7, 11) is 0. The minimum atomic E-state index is -0.868. The maximum Gasteiger partial charge on any atom is 0.305 e. The molecule has 0 aliphatic rings. The summed E-state index contributed by atoms with van der Waals surface area (Å²) in [6, 6.07) is 9.55. The third-order valence-electron chi connectivity index (χ3n) is 2.56. The quantitative estimate of drug-likeness (QED) is 0.595. The van der Waals surface area contributed by atoms with Gasteiger partial charge in [0, 0.05) is 13.8 Å². The third kappa shape index (κ3) is 4.20. The molecule has 0 saturated carbocycles. The summed E-state index contributed by atoms with van der Waals surface area (Å²) in [5.41, 5.74) is 0.979. The van der Waals surface area contributed by atoms with E-state index in [-0.39, 0.29) is 5.92 Å². The molecule has 98 valence electrons. The van der Waals surface area contributed by atoms with Crippen molar-refractivity contribution in [2.24, 2.45) is 0 Å². The van der Waals surface area contributed by atoms with Crippen LogP contribution in [-0.2, 0) is 19.1 Å². The first-order valence-corrected chi connectivity index (χ1v) is 5.94. The number of esters is 2. The SMILES string of the molecule is CC[C@H](c1ccccc1)C(OC(C)=O)OC(C)=O. The second kappa shape index (κ2) is 6.79. The first-order valence-electron chi connectivity index (χ1n) is 5.94. The van der Waals surface area contributed by atoms with Gasteiger partial charge in [0.15, 0.2) is 0 Å². The van der Waals surface area contributed by atoms with E-state index in [9.17, 15) is 9.59 Å². The first kappa shape index (κ1) is 14.2. The first-order chi connectivity index (χ1) is 8.54. The normalized spacial score (nSPS) is 12.0. The molecule has 0 heterocycles. The molecule has 0 aliphatic carbocycles. The topological polar surface area (TPSA) is 52.6 Å². The molecular formula is C14H18O4. The molecular weight excluding hydrogens is 232 g/mol. The highest BCUT2D eigenvalue weighted by Gasteiger charge is 2.27. The molecule has 18 heavy (non-hydrogen) atoms. The lowest BCUT2D eigenvalue weighted by atomic mass is 9.96. The summed E-state index contributed by atoms with van der Waals surface area (Å²) in [6.45, 7) is 4.56. The fourth-order valence-electron chi connectivity index (χ4n) is 1.80. The lowest BCUT2D eigenvalue weighted by molar-refractivity contribution is -0.189. The van der Waals surface area contributed by atoms with E-state index in [1.807, 2.05) is 37.3 Å². The lowest BCUT2D eigenvalue weighted by Crippen LogP contribution is -2.29. The molecule has 0 bridgehead atoms. The van der Waals surface area contributed by atoms with Crippen molar-refractivity contribution in [3.63, 3.8) is 0 Å². The van der Waals surface area contributed by atoms with Crippen LogP contribution in [0.2, 0.25) is 0 Å². The van der Waals surface area contributed by atoms with Crippen LogP contribution in [0.4, 0.5) is 0 Å². The second-order valence-corrected chi connectivity index (χ2v) is 4.01. The van der Waals surface area contributed by atoms with E-state index < -0.39 is 18.2 Å². The van der Waals surface area contributed by atoms with Crippen molar-refractivity contribution in [3.8, 4) is 0 Å². The third-order valence-corrected chi connectivity index (χ3v) is 2.56. The summed E-state index contributed by atoms with van der Waals surface area (Å²) >= 11 is 0. The highest BCUT2D eigenvalue weighted by molar-refractivity contribution is 5.68.